The topological polar surface area (TPSA) is 50.8 Å². The van der Waals surface area contributed by atoms with Crippen molar-refractivity contribution in [2.24, 2.45) is 0 Å². The van der Waals surface area contributed by atoms with E-state index >= 15 is 0 Å². The largest absolute Gasteiger partial charge is 0.454 e. The van der Waals surface area contributed by atoms with E-state index in [-0.39, 0.29) is 18.7 Å². The molecule has 0 radical (unpaired) electrons. The maximum Gasteiger partial charge on any atom is 0.237 e. The van der Waals surface area contributed by atoms with Gasteiger partial charge in [0, 0.05) is 17.6 Å². The van der Waals surface area contributed by atoms with E-state index in [0.717, 1.165) is 21.5 Å². The van der Waals surface area contributed by atoms with Crippen molar-refractivity contribution in [3.8, 4) is 11.5 Å². The highest BCUT2D eigenvalue weighted by atomic mass is 79.9. The monoisotopic (exact) mass is 404 g/mol. The summed E-state index contributed by atoms with van der Waals surface area (Å²) in [5.74, 6) is 1.47. The first-order chi connectivity index (χ1) is 12.0. The van der Waals surface area contributed by atoms with Crippen molar-refractivity contribution >= 4 is 21.8 Å². The number of hydrogen-bond donors (Lipinski definition) is 1. The van der Waals surface area contributed by atoms with E-state index in [1.807, 2.05) is 49.2 Å². The minimum Gasteiger partial charge on any atom is -0.454 e. The lowest BCUT2D eigenvalue weighted by molar-refractivity contribution is -0.125. The van der Waals surface area contributed by atoms with Crippen molar-refractivity contribution in [2.45, 2.75) is 26.1 Å². The minimum absolute atomic E-state index is 0.00252. The number of benzene rings is 2. The highest BCUT2D eigenvalue weighted by Gasteiger charge is 2.18. The number of rotatable bonds is 6. The Kier molecular flexibility index (Phi) is 5.60. The molecule has 1 heterocycles. The standard InChI is InChI=1S/C19H21BrN2O3/c1-13(22(2)11-14-3-6-16(20)7-4-14)19(23)21-10-15-5-8-17-18(9-15)25-12-24-17/h3-9,13H,10-12H2,1-2H3,(H,21,23). The van der Waals surface area contributed by atoms with Crippen molar-refractivity contribution in [1.29, 1.82) is 0 Å². The summed E-state index contributed by atoms with van der Waals surface area (Å²) in [6, 6.07) is 13.6. The van der Waals surface area contributed by atoms with Gasteiger partial charge in [0.2, 0.25) is 12.7 Å². The molecule has 25 heavy (non-hydrogen) atoms. The number of fused-ring (bicyclic) bond motifs is 1. The molecule has 1 aliphatic rings. The molecule has 5 nitrogen and oxygen atoms in total. The van der Waals surface area contributed by atoms with Gasteiger partial charge in [-0.3, -0.25) is 9.69 Å². The zero-order valence-electron chi connectivity index (χ0n) is 14.3. The Bertz CT molecular complexity index is 749. The third-order valence-electron chi connectivity index (χ3n) is 4.29. The van der Waals surface area contributed by atoms with Crippen molar-refractivity contribution in [3.63, 3.8) is 0 Å². The van der Waals surface area contributed by atoms with Gasteiger partial charge < -0.3 is 14.8 Å². The van der Waals surface area contributed by atoms with Gasteiger partial charge >= 0.3 is 0 Å². The Morgan fingerprint density at radius 2 is 1.84 bits per heavy atom. The maximum absolute atomic E-state index is 12.4. The van der Waals surface area contributed by atoms with Gasteiger partial charge in [0.25, 0.3) is 0 Å². The molecule has 0 saturated heterocycles. The molecular weight excluding hydrogens is 384 g/mol. The van der Waals surface area contributed by atoms with Crippen LogP contribution in [0.15, 0.2) is 46.9 Å². The van der Waals surface area contributed by atoms with Crippen LogP contribution < -0.4 is 14.8 Å². The second kappa shape index (κ2) is 7.89. The molecule has 0 fully saturated rings. The van der Waals surface area contributed by atoms with Gasteiger partial charge in [0.1, 0.15) is 0 Å². The van der Waals surface area contributed by atoms with E-state index in [1.54, 1.807) is 0 Å². The van der Waals surface area contributed by atoms with Crippen LogP contribution in [0, 0.1) is 0 Å². The molecule has 1 atom stereocenters. The fraction of sp³-hybridized carbons (Fsp3) is 0.316. The number of amides is 1. The van der Waals surface area contributed by atoms with Gasteiger partial charge in [-0.15, -0.1) is 0 Å². The Balaban J connectivity index is 1.52. The average Bonchev–Trinajstić information content (AvgIpc) is 3.08. The molecule has 2 aromatic carbocycles. The van der Waals surface area contributed by atoms with E-state index in [1.165, 1.54) is 5.56 Å². The highest BCUT2D eigenvalue weighted by Crippen LogP contribution is 2.32. The molecule has 0 aliphatic carbocycles. The minimum atomic E-state index is -0.224. The molecule has 132 valence electrons. The molecular formula is C19H21BrN2O3. The Hall–Kier alpha value is -2.05. The second-order valence-corrected chi connectivity index (χ2v) is 7.04. The van der Waals surface area contributed by atoms with Gasteiger partial charge in [-0.05, 0) is 49.4 Å². The molecule has 6 heteroatoms. The van der Waals surface area contributed by atoms with Crippen LogP contribution >= 0.6 is 15.9 Å². The van der Waals surface area contributed by atoms with Crippen LogP contribution in [0.2, 0.25) is 0 Å². The van der Waals surface area contributed by atoms with Crippen molar-refractivity contribution in [3.05, 3.63) is 58.1 Å². The lowest BCUT2D eigenvalue weighted by Gasteiger charge is -2.24. The van der Waals surface area contributed by atoms with Crippen LogP contribution in [0.4, 0.5) is 0 Å². The summed E-state index contributed by atoms with van der Waals surface area (Å²) in [5, 5.41) is 2.98. The van der Waals surface area contributed by atoms with E-state index in [9.17, 15) is 4.79 Å². The molecule has 1 amide bonds. The third kappa shape index (κ3) is 4.52. The number of nitrogens with zero attached hydrogens (tertiary/aromatic N) is 1. The van der Waals surface area contributed by atoms with Gasteiger partial charge in [0.15, 0.2) is 11.5 Å². The normalized spacial score (nSPS) is 13.8. The Morgan fingerprint density at radius 3 is 2.60 bits per heavy atom. The SMILES string of the molecule is CC(C(=O)NCc1ccc2c(c1)OCO2)N(C)Cc1ccc(Br)cc1. The third-order valence-corrected chi connectivity index (χ3v) is 4.82. The van der Waals surface area contributed by atoms with Gasteiger partial charge in [0.05, 0.1) is 6.04 Å². The van der Waals surface area contributed by atoms with Crippen LogP contribution in [0.1, 0.15) is 18.1 Å². The van der Waals surface area contributed by atoms with Crippen molar-refractivity contribution in [2.75, 3.05) is 13.8 Å². The first-order valence-electron chi connectivity index (χ1n) is 8.14. The summed E-state index contributed by atoms with van der Waals surface area (Å²) in [6.45, 7) is 3.34. The van der Waals surface area contributed by atoms with Gasteiger partial charge in [-0.1, -0.05) is 34.1 Å². The predicted octanol–water partition coefficient (Wildman–Crippen LogP) is 3.31. The number of likely N-dealkylation sites (N-methyl/N-ethyl adjacent to an activating group) is 1. The molecule has 0 spiro atoms. The zero-order valence-corrected chi connectivity index (χ0v) is 15.9. The molecule has 1 unspecified atom stereocenters. The van der Waals surface area contributed by atoms with E-state index in [0.29, 0.717) is 13.1 Å². The highest BCUT2D eigenvalue weighted by molar-refractivity contribution is 9.10. The van der Waals surface area contributed by atoms with E-state index in [4.69, 9.17) is 9.47 Å². The predicted molar refractivity (Wildman–Crippen MR) is 99.5 cm³/mol. The summed E-state index contributed by atoms with van der Waals surface area (Å²) in [4.78, 5) is 14.4. The van der Waals surface area contributed by atoms with Gasteiger partial charge in [-0.25, -0.2) is 0 Å². The van der Waals surface area contributed by atoms with Crippen LogP contribution in [-0.2, 0) is 17.9 Å². The quantitative estimate of drug-likeness (QED) is 0.802. The maximum atomic E-state index is 12.4. The van der Waals surface area contributed by atoms with E-state index in [2.05, 4.69) is 33.4 Å². The number of halogens is 1. The summed E-state index contributed by atoms with van der Waals surface area (Å²) in [7, 11) is 1.95. The number of hydrogen-bond acceptors (Lipinski definition) is 4. The molecule has 2 aromatic rings. The molecule has 3 rings (SSSR count). The second-order valence-electron chi connectivity index (χ2n) is 6.12. The molecule has 1 N–H and O–H groups in total. The van der Waals surface area contributed by atoms with Crippen LogP contribution in [0.5, 0.6) is 11.5 Å². The lowest BCUT2D eigenvalue weighted by atomic mass is 10.1. The summed E-state index contributed by atoms with van der Waals surface area (Å²) in [6.07, 6.45) is 0. The van der Waals surface area contributed by atoms with Crippen molar-refractivity contribution < 1.29 is 14.3 Å². The lowest BCUT2D eigenvalue weighted by Crippen LogP contribution is -2.42. The smallest absolute Gasteiger partial charge is 0.237 e. The van der Waals surface area contributed by atoms with Crippen LogP contribution in [0.3, 0.4) is 0 Å². The summed E-state index contributed by atoms with van der Waals surface area (Å²) in [5.41, 5.74) is 2.15. The van der Waals surface area contributed by atoms with Gasteiger partial charge in [-0.2, -0.15) is 0 Å². The van der Waals surface area contributed by atoms with Crippen molar-refractivity contribution in [1.82, 2.24) is 10.2 Å². The average molecular weight is 405 g/mol. The Morgan fingerprint density at radius 1 is 1.16 bits per heavy atom. The van der Waals surface area contributed by atoms with Crippen LogP contribution in [0.25, 0.3) is 0 Å². The number of carbonyl (C=O) groups excluding carboxylic acids is 1. The number of carbonyl (C=O) groups is 1. The van der Waals surface area contributed by atoms with Crippen LogP contribution in [-0.4, -0.2) is 30.7 Å². The first-order valence-corrected chi connectivity index (χ1v) is 8.93. The summed E-state index contributed by atoms with van der Waals surface area (Å²) >= 11 is 3.43. The Labute approximate surface area is 156 Å². The molecule has 1 aliphatic heterocycles. The fourth-order valence-electron chi connectivity index (χ4n) is 2.60. The first kappa shape index (κ1) is 17.8. The number of ether oxygens (including phenoxy) is 2. The number of nitrogens with one attached hydrogen (secondary N) is 1. The van der Waals surface area contributed by atoms with E-state index < -0.39 is 0 Å². The molecule has 0 saturated carbocycles. The summed E-state index contributed by atoms with van der Waals surface area (Å²) < 4.78 is 11.7. The zero-order chi connectivity index (χ0) is 17.8. The fourth-order valence-corrected chi connectivity index (χ4v) is 2.87. The molecule has 0 bridgehead atoms. The molecule has 0 aromatic heterocycles.